The molecular weight excluding hydrogens is 254 g/mol. The molecule has 0 aliphatic carbocycles. The molecule has 0 bridgehead atoms. The molecule has 5 nitrogen and oxygen atoms in total. The average Bonchev–Trinajstić information content (AvgIpc) is 2.62. The zero-order chi connectivity index (χ0) is 14.4. The monoisotopic (exact) mass is 277 g/mol. The Balaban J connectivity index is 1.93. The van der Waals surface area contributed by atoms with Crippen molar-refractivity contribution in [1.82, 2.24) is 15.1 Å². The second-order valence-electron chi connectivity index (χ2n) is 5.24. The second kappa shape index (κ2) is 7.38. The number of rotatable bonds is 4. The van der Waals surface area contributed by atoms with Crippen molar-refractivity contribution >= 4 is 5.91 Å². The van der Waals surface area contributed by atoms with Gasteiger partial charge in [-0.2, -0.15) is 0 Å². The molecule has 1 aromatic rings. The third-order valence-electron chi connectivity index (χ3n) is 3.52. The van der Waals surface area contributed by atoms with E-state index in [9.17, 15) is 9.90 Å². The van der Waals surface area contributed by atoms with Gasteiger partial charge in [0, 0.05) is 32.7 Å². The fourth-order valence-corrected chi connectivity index (χ4v) is 2.53. The van der Waals surface area contributed by atoms with E-state index in [0.29, 0.717) is 26.2 Å². The Morgan fingerprint density at radius 3 is 2.75 bits per heavy atom. The van der Waals surface area contributed by atoms with Gasteiger partial charge in [0.25, 0.3) is 0 Å². The SMILES string of the molecule is CNCC(=O)N1CCN(Cc2ccccc2)CC(O)C1. The van der Waals surface area contributed by atoms with Crippen LogP contribution >= 0.6 is 0 Å². The smallest absolute Gasteiger partial charge is 0.236 e. The molecule has 110 valence electrons. The minimum atomic E-state index is -0.484. The highest BCUT2D eigenvalue weighted by Gasteiger charge is 2.23. The van der Waals surface area contributed by atoms with Gasteiger partial charge in [0.05, 0.1) is 12.6 Å². The van der Waals surface area contributed by atoms with Gasteiger partial charge in [-0.05, 0) is 12.6 Å². The minimum absolute atomic E-state index is 0.0492. The first-order valence-corrected chi connectivity index (χ1v) is 7.05. The lowest BCUT2D eigenvalue weighted by atomic mass is 10.2. The Kier molecular flexibility index (Phi) is 5.52. The number of likely N-dealkylation sites (N-methyl/N-ethyl adjacent to an activating group) is 1. The summed E-state index contributed by atoms with van der Waals surface area (Å²) in [4.78, 5) is 15.8. The summed E-state index contributed by atoms with van der Waals surface area (Å²) in [6, 6.07) is 10.2. The highest BCUT2D eigenvalue weighted by atomic mass is 16.3. The molecule has 1 atom stereocenters. The fraction of sp³-hybridized carbons (Fsp3) is 0.533. The van der Waals surface area contributed by atoms with Crippen molar-refractivity contribution in [3.8, 4) is 0 Å². The van der Waals surface area contributed by atoms with Gasteiger partial charge in [-0.3, -0.25) is 9.69 Å². The summed E-state index contributed by atoms with van der Waals surface area (Å²) in [6.45, 7) is 3.63. The van der Waals surface area contributed by atoms with Gasteiger partial charge >= 0.3 is 0 Å². The van der Waals surface area contributed by atoms with Crippen molar-refractivity contribution in [3.05, 3.63) is 35.9 Å². The van der Waals surface area contributed by atoms with Gasteiger partial charge in [-0.15, -0.1) is 0 Å². The van der Waals surface area contributed by atoms with Gasteiger partial charge in [-0.1, -0.05) is 30.3 Å². The van der Waals surface area contributed by atoms with Crippen molar-refractivity contribution in [2.24, 2.45) is 0 Å². The Labute approximate surface area is 120 Å². The quantitative estimate of drug-likeness (QED) is 0.808. The Morgan fingerprint density at radius 2 is 2.05 bits per heavy atom. The summed E-state index contributed by atoms with van der Waals surface area (Å²) in [5.74, 6) is 0.0492. The zero-order valence-electron chi connectivity index (χ0n) is 12.0. The van der Waals surface area contributed by atoms with Crippen LogP contribution in [0.4, 0.5) is 0 Å². The lowest BCUT2D eigenvalue weighted by Gasteiger charge is -2.21. The number of aliphatic hydroxyl groups is 1. The molecule has 1 aliphatic heterocycles. The van der Waals surface area contributed by atoms with Gasteiger partial charge in [0.2, 0.25) is 5.91 Å². The maximum atomic E-state index is 11.9. The van der Waals surface area contributed by atoms with E-state index in [1.165, 1.54) is 5.56 Å². The van der Waals surface area contributed by atoms with Crippen LogP contribution in [0.2, 0.25) is 0 Å². The number of nitrogens with zero attached hydrogens (tertiary/aromatic N) is 2. The molecule has 20 heavy (non-hydrogen) atoms. The summed E-state index contributed by atoms with van der Waals surface area (Å²) in [6.07, 6.45) is -0.484. The van der Waals surface area contributed by atoms with Crippen LogP contribution in [-0.4, -0.2) is 66.7 Å². The van der Waals surface area contributed by atoms with E-state index in [4.69, 9.17) is 0 Å². The first-order valence-electron chi connectivity index (χ1n) is 7.05. The van der Waals surface area contributed by atoms with E-state index >= 15 is 0 Å². The van der Waals surface area contributed by atoms with Crippen molar-refractivity contribution in [1.29, 1.82) is 0 Å². The third-order valence-corrected chi connectivity index (χ3v) is 3.52. The van der Waals surface area contributed by atoms with Crippen molar-refractivity contribution in [2.45, 2.75) is 12.6 Å². The largest absolute Gasteiger partial charge is 0.390 e. The summed E-state index contributed by atoms with van der Waals surface area (Å²) in [5.41, 5.74) is 1.23. The molecule has 2 rings (SSSR count). The van der Waals surface area contributed by atoms with E-state index in [1.807, 2.05) is 18.2 Å². The van der Waals surface area contributed by atoms with Gasteiger partial charge in [0.15, 0.2) is 0 Å². The molecular formula is C15H23N3O2. The van der Waals surface area contributed by atoms with Gasteiger partial charge in [0.1, 0.15) is 0 Å². The van der Waals surface area contributed by atoms with E-state index in [1.54, 1.807) is 11.9 Å². The molecule has 1 amide bonds. The molecule has 5 heteroatoms. The highest BCUT2D eigenvalue weighted by molar-refractivity contribution is 5.78. The fourth-order valence-electron chi connectivity index (χ4n) is 2.53. The first kappa shape index (κ1) is 15.0. The summed E-state index contributed by atoms with van der Waals surface area (Å²) in [5, 5.41) is 12.9. The van der Waals surface area contributed by atoms with Crippen molar-refractivity contribution < 1.29 is 9.90 Å². The maximum absolute atomic E-state index is 11.9. The Bertz CT molecular complexity index is 424. The lowest BCUT2D eigenvalue weighted by Crippen LogP contribution is -2.41. The molecule has 1 saturated heterocycles. The predicted octanol–water partition coefficient (Wildman–Crippen LogP) is -0.0889. The molecule has 1 aliphatic rings. The molecule has 0 spiro atoms. The van der Waals surface area contributed by atoms with Crippen LogP contribution in [0.25, 0.3) is 0 Å². The summed E-state index contributed by atoms with van der Waals surface area (Å²) in [7, 11) is 1.76. The standard InChI is InChI=1S/C15H23N3O2/c1-16-9-15(20)18-8-7-17(11-14(19)12-18)10-13-5-3-2-4-6-13/h2-6,14,16,19H,7-12H2,1H3. The third kappa shape index (κ3) is 4.30. The van der Waals surface area contributed by atoms with Crippen LogP contribution in [0.15, 0.2) is 30.3 Å². The van der Waals surface area contributed by atoms with Crippen LogP contribution < -0.4 is 5.32 Å². The van der Waals surface area contributed by atoms with E-state index < -0.39 is 6.10 Å². The van der Waals surface area contributed by atoms with Crippen LogP contribution in [0, 0.1) is 0 Å². The van der Waals surface area contributed by atoms with Gasteiger partial charge in [-0.25, -0.2) is 0 Å². The zero-order valence-corrected chi connectivity index (χ0v) is 12.0. The van der Waals surface area contributed by atoms with Crippen LogP contribution in [0.5, 0.6) is 0 Å². The second-order valence-corrected chi connectivity index (χ2v) is 5.24. The molecule has 1 heterocycles. The number of benzene rings is 1. The van der Waals surface area contributed by atoms with Crippen LogP contribution in [-0.2, 0) is 11.3 Å². The highest BCUT2D eigenvalue weighted by Crippen LogP contribution is 2.09. The first-order chi connectivity index (χ1) is 9.69. The predicted molar refractivity (Wildman–Crippen MR) is 78.2 cm³/mol. The molecule has 2 N–H and O–H groups in total. The molecule has 0 aromatic heterocycles. The lowest BCUT2D eigenvalue weighted by molar-refractivity contribution is -0.131. The topological polar surface area (TPSA) is 55.8 Å². The number of hydrogen-bond donors (Lipinski definition) is 2. The number of hydrogen-bond acceptors (Lipinski definition) is 4. The molecule has 0 saturated carbocycles. The maximum Gasteiger partial charge on any atom is 0.236 e. The molecule has 1 fully saturated rings. The average molecular weight is 277 g/mol. The van der Waals surface area contributed by atoms with Crippen molar-refractivity contribution in [2.75, 3.05) is 39.8 Å². The number of carbonyl (C=O) groups excluding carboxylic acids is 1. The molecule has 0 radical (unpaired) electrons. The van der Waals surface area contributed by atoms with Crippen LogP contribution in [0.1, 0.15) is 5.56 Å². The Morgan fingerprint density at radius 1 is 1.30 bits per heavy atom. The Hall–Kier alpha value is -1.43. The number of β-amino-alcohol motifs (C(OH)–C–C–N with tert-alkyl or cyclic N) is 1. The van der Waals surface area contributed by atoms with Gasteiger partial charge < -0.3 is 15.3 Å². The van der Waals surface area contributed by atoms with E-state index in [2.05, 4.69) is 22.3 Å². The summed E-state index contributed by atoms with van der Waals surface area (Å²) < 4.78 is 0. The van der Waals surface area contributed by atoms with E-state index in [0.717, 1.165) is 13.1 Å². The van der Waals surface area contributed by atoms with E-state index in [-0.39, 0.29) is 5.91 Å². The molecule has 1 aromatic carbocycles. The number of amides is 1. The van der Waals surface area contributed by atoms with Crippen LogP contribution in [0.3, 0.4) is 0 Å². The number of nitrogens with one attached hydrogen (secondary N) is 1. The number of aliphatic hydroxyl groups excluding tert-OH is 1. The minimum Gasteiger partial charge on any atom is -0.390 e. The summed E-state index contributed by atoms with van der Waals surface area (Å²) >= 11 is 0. The van der Waals surface area contributed by atoms with Crippen molar-refractivity contribution in [3.63, 3.8) is 0 Å². The molecule has 1 unspecified atom stereocenters. The normalized spacial score (nSPS) is 20.7. The number of carbonyl (C=O) groups is 1.